The molecule has 100 valence electrons. The molecule has 1 nitrogen and oxygen atoms in total. The molecule has 1 heterocycles. The van der Waals surface area contributed by atoms with Gasteiger partial charge in [-0.25, -0.2) is 0 Å². The Morgan fingerprint density at radius 1 is 1.06 bits per heavy atom. The molecular weight excluding hydrogens is 320 g/mol. The molecule has 0 radical (unpaired) electrons. The maximum Gasteiger partial charge on any atom is 2.00 e. The van der Waals surface area contributed by atoms with Crippen LogP contribution in [-0.4, -0.2) is 29.7 Å². The minimum absolute atomic E-state index is 0. The second-order valence-corrected chi connectivity index (χ2v) is 4.92. The van der Waals surface area contributed by atoms with Gasteiger partial charge in [-0.05, 0) is 6.42 Å². The predicted molar refractivity (Wildman–Crippen MR) is 77.0 cm³/mol. The van der Waals surface area contributed by atoms with Crippen LogP contribution in [0.1, 0.15) is 58.3 Å². The zero-order valence-electron chi connectivity index (χ0n) is 11.4. The molecule has 0 atom stereocenters. The number of ether oxygens (including phenoxy) is 1. The summed E-state index contributed by atoms with van der Waals surface area (Å²) >= 11 is 1.57. The molecule has 1 rings (SSSR count). The van der Waals surface area contributed by atoms with Gasteiger partial charge in [-0.1, -0.05) is 57.2 Å². The summed E-state index contributed by atoms with van der Waals surface area (Å²) in [7, 11) is 0. The Labute approximate surface area is 143 Å². The molecule has 0 amide bonds. The first kappa shape index (κ1) is 21.1. The fourth-order valence-electron chi connectivity index (χ4n) is 1.72. The van der Waals surface area contributed by atoms with Crippen LogP contribution < -0.4 is 21.7 Å². The number of thiophene rings is 1. The summed E-state index contributed by atoms with van der Waals surface area (Å²) in [5, 5.41) is 5.08. The minimum atomic E-state index is 0. The number of rotatable bonds is 10. The Morgan fingerprint density at radius 3 is 2.22 bits per heavy atom. The van der Waals surface area contributed by atoms with Crippen LogP contribution in [0, 0.1) is 5.38 Å². The molecule has 4 heteroatoms. The third-order valence-electron chi connectivity index (χ3n) is 2.70. The van der Waals surface area contributed by atoms with Crippen molar-refractivity contribution < 1.29 is 21.7 Å². The zero-order chi connectivity index (χ0) is 11.5. The Balaban J connectivity index is 0. The van der Waals surface area contributed by atoms with Crippen LogP contribution in [0.25, 0.3) is 0 Å². The summed E-state index contributed by atoms with van der Waals surface area (Å²) in [6.45, 7) is 3.11. The van der Waals surface area contributed by atoms with Crippen molar-refractivity contribution in [3.8, 4) is 5.75 Å². The molecular formula is C14H23BrMgOS. The van der Waals surface area contributed by atoms with Crippen molar-refractivity contribution in [3.05, 3.63) is 16.8 Å². The van der Waals surface area contributed by atoms with E-state index in [1.165, 1.54) is 51.4 Å². The summed E-state index contributed by atoms with van der Waals surface area (Å²) in [5.41, 5.74) is 0. The van der Waals surface area contributed by atoms with E-state index in [0.717, 1.165) is 12.4 Å². The van der Waals surface area contributed by atoms with Crippen molar-refractivity contribution in [1.82, 2.24) is 0 Å². The van der Waals surface area contributed by atoms with Crippen molar-refractivity contribution in [3.63, 3.8) is 0 Å². The molecule has 0 aliphatic rings. The molecule has 18 heavy (non-hydrogen) atoms. The van der Waals surface area contributed by atoms with E-state index in [4.69, 9.17) is 4.74 Å². The maximum atomic E-state index is 5.55. The predicted octanol–water partition coefficient (Wildman–Crippen LogP) is 1.69. The SMILES string of the molecule is CCCCCCCCCCOc1[c-]scc1.[Br-].[Mg+2]. The number of unbranched alkanes of at least 4 members (excludes halogenated alkanes) is 7. The first-order valence-corrected chi connectivity index (χ1v) is 7.39. The molecule has 0 fully saturated rings. The molecule has 0 saturated heterocycles. The summed E-state index contributed by atoms with van der Waals surface area (Å²) in [6, 6.07) is 1.98. The maximum absolute atomic E-state index is 5.55. The van der Waals surface area contributed by atoms with Crippen molar-refractivity contribution in [2.24, 2.45) is 0 Å². The molecule has 1 aromatic rings. The van der Waals surface area contributed by atoms with E-state index in [1.807, 2.05) is 11.4 Å². The normalized spacial score (nSPS) is 9.39. The molecule has 0 saturated carbocycles. The quantitative estimate of drug-likeness (QED) is 0.357. The average molecular weight is 344 g/mol. The Kier molecular flexibility index (Phi) is 18.5. The van der Waals surface area contributed by atoms with Gasteiger partial charge in [0, 0.05) is 5.75 Å². The smallest absolute Gasteiger partial charge is 1.00 e. The second kappa shape index (κ2) is 15.8. The monoisotopic (exact) mass is 342 g/mol. The molecule has 1 aromatic heterocycles. The standard InChI is InChI=1S/C14H23OS.BrH.Mg/c1-2-3-4-5-6-7-8-9-11-15-14-10-12-16-13-14;;/h10,12H,2-9,11H2,1H3;1H;/q-1;;+2/p-1. The van der Waals surface area contributed by atoms with E-state index >= 15 is 0 Å². The van der Waals surface area contributed by atoms with Crippen LogP contribution in [-0.2, 0) is 0 Å². The summed E-state index contributed by atoms with van der Waals surface area (Å²) in [4.78, 5) is 0. The molecule has 0 spiro atoms. The van der Waals surface area contributed by atoms with E-state index in [-0.39, 0.29) is 40.0 Å². The van der Waals surface area contributed by atoms with E-state index < -0.39 is 0 Å². The third-order valence-corrected chi connectivity index (χ3v) is 3.29. The van der Waals surface area contributed by atoms with Gasteiger partial charge in [0.1, 0.15) is 0 Å². The van der Waals surface area contributed by atoms with Crippen molar-refractivity contribution in [2.75, 3.05) is 6.61 Å². The van der Waals surface area contributed by atoms with Crippen LogP contribution >= 0.6 is 11.3 Å². The van der Waals surface area contributed by atoms with Crippen molar-refractivity contribution >= 4 is 34.4 Å². The number of hydrogen-bond acceptors (Lipinski definition) is 2. The van der Waals surface area contributed by atoms with Gasteiger partial charge >= 0.3 is 23.1 Å². The van der Waals surface area contributed by atoms with Gasteiger partial charge in [0.2, 0.25) is 0 Å². The Morgan fingerprint density at radius 2 is 1.67 bits per heavy atom. The van der Waals surface area contributed by atoms with Gasteiger partial charge < -0.3 is 21.7 Å². The minimum Gasteiger partial charge on any atom is -1.00 e. The van der Waals surface area contributed by atoms with Crippen LogP contribution in [0.3, 0.4) is 0 Å². The molecule has 0 aliphatic heterocycles. The average Bonchev–Trinajstić information content (AvgIpc) is 2.80. The fraction of sp³-hybridized carbons (Fsp3) is 0.714. The van der Waals surface area contributed by atoms with Crippen molar-refractivity contribution in [1.29, 1.82) is 0 Å². The van der Waals surface area contributed by atoms with E-state index in [2.05, 4.69) is 12.3 Å². The van der Waals surface area contributed by atoms with Gasteiger partial charge in [0.15, 0.2) is 0 Å². The van der Waals surface area contributed by atoms with Gasteiger partial charge in [-0.3, -0.25) is 11.3 Å². The Hall–Kier alpha value is 0.746. The van der Waals surface area contributed by atoms with Gasteiger partial charge in [-0.2, -0.15) is 11.4 Å². The fourth-order valence-corrected chi connectivity index (χ4v) is 2.22. The van der Waals surface area contributed by atoms with Gasteiger partial charge in [0.25, 0.3) is 0 Å². The largest absolute Gasteiger partial charge is 2.00 e. The zero-order valence-corrected chi connectivity index (χ0v) is 15.2. The first-order chi connectivity index (χ1) is 7.93. The van der Waals surface area contributed by atoms with Crippen LogP contribution in [0.15, 0.2) is 11.4 Å². The van der Waals surface area contributed by atoms with E-state index in [0.29, 0.717) is 0 Å². The summed E-state index contributed by atoms with van der Waals surface area (Å²) < 4.78 is 5.55. The molecule has 0 bridgehead atoms. The summed E-state index contributed by atoms with van der Waals surface area (Å²) in [5.74, 6) is 0.910. The van der Waals surface area contributed by atoms with Gasteiger partial charge in [0.05, 0.1) is 6.61 Å². The van der Waals surface area contributed by atoms with Crippen LogP contribution in [0.5, 0.6) is 5.75 Å². The van der Waals surface area contributed by atoms with E-state index in [9.17, 15) is 0 Å². The number of halogens is 1. The summed E-state index contributed by atoms with van der Waals surface area (Å²) in [6.07, 6.45) is 10.8. The number of hydrogen-bond donors (Lipinski definition) is 0. The molecule has 0 aromatic carbocycles. The molecule has 0 aliphatic carbocycles. The van der Waals surface area contributed by atoms with Crippen molar-refractivity contribution in [2.45, 2.75) is 58.3 Å². The second-order valence-electron chi connectivity index (χ2n) is 4.21. The molecule has 0 N–H and O–H groups in total. The molecule has 0 unspecified atom stereocenters. The topological polar surface area (TPSA) is 9.23 Å². The van der Waals surface area contributed by atoms with Crippen LogP contribution in [0.4, 0.5) is 0 Å². The Bertz CT molecular complexity index is 242. The third kappa shape index (κ3) is 11.8. The van der Waals surface area contributed by atoms with Crippen LogP contribution in [0.2, 0.25) is 0 Å². The van der Waals surface area contributed by atoms with E-state index in [1.54, 1.807) is 11.3 Å². The first-order valence-electron chi connectivity index (χ1n) is 6.51. The van der Waals surface area contributed by atoms with Gasteiger partial charge in [-0.15, -0.1) is 0 Å².